The highest BCUT2D eigenvalue weighted by molar-refractivity contribution is 4.95. The molecule has 0 aromatic carbocycles. The second-order valence-corrected chi connectivity index (χ2v) is 5.09. The van der Waals surface area contributed by atoms with Gasteiger partial charge >= 0.3 is 0 Å². The number of piperidine rings is 1. The van der Waals surface area contributed by atoms with Crippen molar-refractivity contribution in [1.29, 1.82) is 5.26 Å². The minimum absolute atomic E-state index is 0.138. The Balaban J connectivity index is 1.95. The van der Waals surface area contributed by atoms with Gasteiger partial charge < -0.3 is 4.42 Å². The maximum Gasteiger partial charge on any atom is 0.208 e. The molecule has 0 N–H and O–H groups in total. The molecule has 1 aliphatic rings. The largest absolute Gasteiger partial charge is 0.448 e. The molecule has 2 heterocycles. The minimum Gasteiger partial charge on any atom is -0.448 e. The molecule has 2 unspecified atom stereocenters. The molecule has 2 atom stereocenters. The second-order valence-electron chi connectivity index (χ2n) is 5.09. The molecular weight excluding hydrogens is 214 g/mol. The van der Waals surface area contributed by atoms with Crippen LogP contribution in [0.25, 0.3) is 0 Å². The zero-order valence-corrected chi connectivity index (χ0v) is 10.5. The smallest absolute Gasteiger partial charge is 0.208 e. The number of nitrogens with zero attached hydrogens (tertiary/aromatic N) is 3. The standard InChI is InChI=1S/C13H19N3O/c1-10(2)12-3-5-16(8-11(12)7-14)9-13-15-4-6-17-13/h4,6,10-12H,3,5,8-9H2,1-2H3. The van der Waals surface area contributed by atoms with Gasteiger partial charge in [0.05, 0.1) is 24.7 Å². The van der Waals surface area contributed by atoms with Crippen LogP contribution in [0.2, 0.25) is 0 Å². The molecule has 1 saturated heterocycles. The Labute approximate surface area is 102 Å². The third-order valence-corrected chi connectivity index (χ3v) is 3.61. The van der Waals surface area contributed by atoms with Gasteiger partial charge in [0.25, 0.3) is 0 Å². The number of hydrogen-bond donors (Lipinski definition) is 0. The summed E-state index contributed by atoms with van der Waals surface area (Å²) >= 11 is 0. The monoisotopic (exact) mass is 233 g/mol. The lowest BCUT2D eigenvalue weighted by molar-refractivity contribution is 0.107. The van der Waals surface area contributed by atoms with Crippen LogP contribution < -0.4 is 0 Å². The molecule has 1 aliphatic heterocycles. The average molecular weight is 233 g/mol. The van der Waals surface area contributed by atoms with Crippen molar-refractivity contribution in [3.05, 3.63) is 18.4 Å². The molecule has 4 nitrogen and oxygen atoms in total. The highest BCUT2D eigenvalue weighted by Gasteiger charge is 2.31. The Morgan fingerprint density at radius 2 is 2.47 bits per heavy atom. The molecule has 0 aliphatic carbocycles. The van der Waals surface area contributed by atoms with Crippen LogP contribution in [0.3, 0.4) is 0 Å². The number of aromatic nitrogens is 1. The fraction of sp³-hybridized carbons (Fsp3) is 0.692. The van der Waals surface area contributed by atoms with Gasteiger partial charge in [-0.15, -0.1) is 0 Å². The zero-order chi connectivity index (χ0) is 12.3. The molecule has 2 rings (SSSR count). The van der Waals surface area contributed by atoms with E-state index < -0.39 is 0 Å². The van der Waals surface area contributed by atoms with Gasteiger partial charge in [0, 0.05) is 6.54 Å². The molecular formula is C13H19N3O. The average Bonchev–Trinajstić information content (AvgIpc) is 2.81. The van der Waals surface area contributed by atoms with E-state index in [4.69, 9.17) is 4.42 Å². The first-order valence-corrected chi connectivity index (χ1v) is 6.21. The fourth-order valence-electron chi connectivity index (χ4n) is 2.64. The highest BCUT2D eigenvalue weighted by atomic mass is 16.3. The molecule has 1 aromatic heterocycles. The Bertz CT molecular complexity index is 380. The topological polar surface area (TPSA) is 53.1 Å². The van der Waals surface area contributed by atoms with Crippen LogP contribution in [0.4, 0.5) is 0 Å². The van der Waals surface area contributed by atoms with Crippen molar-refractivity contribution < 1.29 is 4.42 Å². The van der Waals surface area contributed by atoms with Crippen molar-refractivity contribution in [2.45, 2.75) is 26.8 Å². The predicted molar refractivity (Wildman–Crippen MR) is 63.8 cm³/mol. The van der Waals surface area contributed by atoms with E-state index in [1.807, 2.05) is 0 Å². The lowest BCUT2D eigenvalue weighted by Crippen LogP contribution is -2.41. The fourth-order valence-corrected chi connectivity index (χ4v) is 2.64. The predicted octanol–water partition coefficient (Wildman–Crippen LogP) is 2.29. The van der Waals surface area contributed by atoms with Crippen LogP contribution in [-0.4, -0.2) is 23.0 Å². The van der Waals surface area contributed by atoms with E-state index in [0.717, 1.165) is 31.9 Å². The van der Waals surface area contributed by atoms with Crippen LogP contribution in [0, 0.1) is 29.1 Å². The first-order valence-electron chi connectivity index (χ1n) is 6.21. The first-order chi connectivity index (χ1) is 8.20. The third kappa shape index (κ3) is 2.86. The van der Waals surface area contributed by atoms with Gasteiger partial charge in [0.1, 0.15) is 6.26 Å². The molecule has 1 aromatic rings. The molecule has 4 heteroatoms. The Kier molecular flexibility index (Phi) is 3.80. The molecule has 17 heavy (non-hydrogen) atoms. The van der Waals surface area contributed by atoms with Crippen molar-refractivity contribution in [3.8, 4) is 6.07 Å². The van der Waals surface area contributed by atoms with Crippen LogP contribution in [0.5, 0.6) is 0 Å². The Morgan fingerprint density at radius 1 is 1.65 bits per heavy atom. The SMILES string of the molecule is CC(C)C1CCN(Cc2ncco2)CC1C#N. The van der Waals surface area contributed by atoms with E-state index in [0.29, 0.717) is 11.8 Å². The summed E-state index contributed by atoms with van der Waals surface area (Å²) in [4.78, 5) is 6.39. The zero-order valence-electron chi connectivity index (χ0n) is 10.5. The van der Waals surface area contributed by atoms with E-state index >= 15 is 0 Å². The summed E-state index contributed by atoms with van der Waals surface area (Å²) in [6.07, 6.45) is 4.35. The summed E-state index contributed by atoms with van der Waals surface area (Å²) in [6, 6.07) is 2.45. The first kappa shape index (κ1) is 12.1. The molecule has 0 saturated carbocycles. The van der Waals surface area contributed by atoms with E-state index in [1.165, 1.54) is 0 Å². The lowest BCUT2D eigenvalue weighted by Gasteiger charge is -2.36. The van der Waals surface area contributed by atoms with Gasteiger partial charge in [-0.1, -0.05) is 13.8 Å². The van der Waals surface area contributed by atoms with Crippen molar-refractivity contribution in [2.24, 2.45) is 17.8 Å². The quantitative estimate of drug-likeness (QED) is 0.803. The van der Waals surface area contributed by atoms with E-state index in [-0.39, 0.29) is 5.92 Å². The molecule has 0 amide bonds. The van der Waals surface area contributed by atoms with Crippen molar-refractivity contribution in [2.75, 3.05) is 13.1 Å². The van der Waals surface area contributed by atoms with Crippen LogP contribution in [0.1, 0.15) is 26.2 Å². The van der Waals surface area contributed by atoms with E-state index in [1.54, 1.807) is 12.5 Å². The second kappa shape index (κ2) is 5.33. The van der Waals surface area contributed by atoms with Crippen LogP contribution in [-0.2, 0) is 6.54 Å². The number of nitriles is 1. The summed E-state index contributed by atoms with van der Waals surface area (Å²) < 4.78 is 5.24. The van der Waals surface area contributed by atoms with Gasteiger partial charge in [-0.25, -0.2) is 4.98 Å². The molecule has 1 fully saturated rings. The van der Waals surface area contributed by atoms with Crippen LogP contribution >= 0.6 is 0 Å². The van der Waals surface area contributed by atoms with Gasteiger partial charge in [-0.05, 0) is 24.8 Å². The van der Waals surface area contributed by atoms with E-state index in [9.17, 15) is 5.26 Å². The maximum atomic E-state index is 9.24. The van der Waals surface area contributed by atoms with Crippen molar-refractivity contribution in [3.63, 3.8) is 0 Å². The summed E-state index contributed by atoms with van der Waals surface area (Å²) in [7, 11) is 0. The number of oxazole rings is 1. The summed E-state index contributed by atoms with van der Waals surface area (Å²) in [5.41, 5.74) is 0. The van der Waals surface area contributed by atoms with Gasteiger partial charge in [-0.2, -0.15) is 5.26 Å². The van der Waals surface area contributed by atoms with Crippen molar-refractivity contribution >= 4 is 0 Å². The Hall–Kier alpha value is -1.34. The normalized spacial score (nSPS) is 26.0. The number of hydrogen-bond acceptors (Lipinski definition) is 4. The van der Waals surface area contributed by atoms with Gasteiger partial charge in [-0.3, -0.25) is 4.90 Å². The molecule has 0 bridgehead atoms. The van der Waals surface area contributed by atoms with Crippen molar-refractivity contribution in [1.82, 2.24) is 9.88 Å². The lowest BCUT2D eigenvalue weighted by atomic mass is 9.79. The number of likely N-dealkylation sites (tertiary alicyclic amines) is 1. The number of rotatable bonds is 3. The minimum atomic E-state index is 0.138. The summed E-state index contributed by atoms with van der Waals surface area (Å²) in [5.74, 6) is 1.99. The molecule has 0 spiro atoms. The third-order valence-electron chi connectivity index (χ3n) is 3.61. The maximum absolute atomic E-state index is 9.24. The molecule has 92 valence electrons. The van der Waals surface area contributed by atoms with Gasteiger partial charge in [0.15, 0.2) is 0 Å². The van der Waals surface area contributed by atoms with Gasteiger partial charge in [0.2, 0.25) is 5.89 Å². The Morgan fingerprint density at radius 3 is 3.06 bits per heavy atom. The van der Waals surface area contributed by atoms with E-state index in [2.05, 4.69) is 29.8 Å². The molecule has 0 radical (unpaired) electrons. The summed E-state index contributed by atoms with van der Waals surface area (Å²) in [5, 5.41) is 9.24. The van der Waals surface area contributed by atoms with Crippen LogP contribution in [0.15, 0.2) is 16.9 Å². The highest BCUT2D eigenvalue weighted by Crippen LogP contribution is 2.30. The summed E-state index contributed by atoms with van der Waals surface area (Å²) in [6.45, 7) is 7.00.